The number of anilines is 1. The molecule has 1 aliphatic rings. The van der Waals surface area contributed by atoms with E-state index in [0.29, 0.717) is 11.9 Å². The maximum absolute atomic E-state index is 12.5. The standard InChI is InChI=1S/C21H24N4O2S/c1-15-12-17-20(28-15)23-14-25(21(17)27)13-19(26)22-9-5-11-24-10-4-7-16-6-2-3-8-18(16)24/h2-3,6,8,12,14H,4-5,7,9-11,13H2,1H3,(H,22,26). The number of hydrogen-bond acceptors (Lipinski definition) is 5. The van der Waals surface area contributed by atoms with Crippen LogP contribution in [-0.4, -0.2) is 35.1 Å². The fraction of sp³-hybridized carbons (Fsp3) is 0.381. The number of fused-ring (bicyclic) bond motifs is 2. The van der Waals surface area contributed by atoms with Crippen molar-refractivity contribution in [1.82, 2.24) is 14.9 Å². The lowest BCUT2D eigenvalue weighted by molar-refractivity contribution is -0.121. The van der Waals surface area contributed by atoms with Crippen molar-refractivity contribution in [3.8, 4) is 0 Å². The number of benzene rings is 1. The van der Waals surface area contributed by atoms with E-state index in [1.807, 2.05) is 13.0 Å². The van der Waals surface area contributed by atoms with Crippen LogP contribution in [0.3, 0.4) is 0 Å². The van der Waals surface area contributed by atoms with Crippen molar-refractivity contribution in [3.05, 3.63) is 57.5 Å². The van der Waals surface area contributed by atoms with E-state index in [2.05, 4.69) is 39.5 Å². The van der Waals surface area contributed by atoms with Gasteiger partial charge in [0.1, 0.15) is 11.4 Å². The summed E-state index contributed by atoms with van der Waals surface area (Å²) < 4.78 is 1.38. The first-order valence-corrected chi connectivity index (χ1v) is 10.5. The Bertz CT molecular complexity index is 1060. The average Bonchev–Trinajstić information content (AvgIpc) is 3.09. The number of carbonyl (C=O) groups excluding carboxylic acids is 1. The normalized spacial score (nSPS) is 13.5. The van der Waals surface area contributed by atoms with Crippen molar-refractivity contribution in [2.45, 2.75) is 32.7 Å². The van der Waals surface area contributed by atoms with Gasteiger partial charge in [-0.25, -0.2) is 4.98 Å². The number of nitrogens with one attached hydrogen (secondary N) is 1. The number of para-hydroxylation sites is 1. The highest BCUT2D eigenvalue weighted by atomic mass is 32.1. The second-order valence-corrected chi connectivity index (χ2v) is 8.41. The van der Waals surface area contributed by atoms with E-state index in [-0.39, 0.29) is 18.0 Å². The van der Waals surface area contributed by atoms with E-state index in [9.17, 15) is 9.59 Å². The summed E-state index contributed by atoms with van der Waals surface area (Å²) in [7, 11) is 0. The predicted octanol–water partition coefficient (Wildman–Crippen LogP) is 2.73. The fourth-order valence-corrected chi connectivity index (χ4v) is 4.58. The van der Waals surface area contributed by atoms with Crippen LogP contribution in [0.25, 0.3) is 10.2 Å². The van der Waals surface area contributed by atoms with Gasteiger partial charge < -0.3 is 10.2 Å². The molecule has 3 aromatic rings. The highest BCUT2D eigenvalue weighted by Crippen LogP contribution is 2.26. The minimum absolute atomic E-state index is 0.00319. The van der Waals surface area contributed by atoms with Crippen molar-refractivity contribution in [3.63, 3.8) is 0 Å². The number of amides is 1. The molecule has 7 heteroatoms. The third-order valence-electron chi connectivity index (χ3n) is 5.09. The van der Waals surface area contributed by atoms with Gasteiger partial charge in [0.25, 0.3) is 5.56 Å². The molecule has 28 heavy (non-hydrogen) atoms. The number of thiophene rings is 1. The minimum Gasteiger partial charge on any atom is -0.371 e. The molecule has 0 unspecified atom stereocenters. The maximum atomic E-state index is 12.5. The average molecular weight is 397 g/mol. The highest BCUT2D eigenvalue weighted by molar-refractivity contribution is 7.18. The first kappa shape index (κ1) is 18.7. The lowest BCUT2D eigenvalue weighted by Gasteiger charge is -2.31. The Labute approximate surface area is 167 Å². The molecule has 146 valence electrons. The Morgan fingerprint density at radius 1 is 1.32 bits per heavy atom. The molecular weight excluding hydrogens is 372 g/mol. The molecule has 1 N–H and O–H groups in total. The monoisotopic (exact) mass is 396 g/mol. The fourth-order valence-electron chi connectivity index (χ4n) is 3.75. The van der Waals surface area contributed by atoms with E-state index in [1.54, 1.807) is 0 Å². The molecule has 0 spiro atoms. The van der Waals surface area contributed by atoms with Gasteiger partial charge >= 0.3 is 0 Å². The van der Waals surface area contributed by atoms with Crippen LogP contribution in [0, 0.1) is 6.92 Å². The molecule has 3 heterocycles. The van der Waals surface area contributed by atoms with Crippen molar-refractivity contribution in [2.24, 2.45) is 0 Å². The Morgan fingerprint density at radius 3 is 3.07 bits per heavy atom. The quantitative estimate of drug-likeness (QED) is 0.651. The summed E-state index contributed by atoms with van der Waals surface area (Å²) in [6.45, 7) is 4.53. The van der Waals surface area contributed by atoms with Gasteiger partial charge in [0.2, 0.25) is 5.91 Å². The molecule has 1 aliphatic heterocycles. The van der Waals surface area contributed by atoms with Gasteiger partial charge in [0.05, 0.1) is 11.7 Å². The molecule has 0 radical (unpaired) electrons. The zero-order valence-electron chi connectivity index (χ0n) is 16.0. The molecule has 6 nitrogen and oxygen atoms in total. The molecular formula is C21H24N4O2S. The van der Waals surface area contributed by atoms with Crippen LogP contribution in [0.5, 0.6) is 0 Å². The lowest BCUT2D eigenvalue weighted by atomic mass is 10.0. The van der Waals surface area contributed by atoms with Crippen LogP contribution >= 0.6 is 11.3 Å². The molecule has 0 bridgehead atoms. The van der Waals surface area contributed by atoms with Crippen LogP contribution in [0.15, 0.2) is 41.5 Å². The second-order valence-electron chi connectivity index (χ2n) is 7.18. The van der Waals surface area contributed by atoms with Crippen LogP contribution in [0.1, 0.15) is 23.3 Å². The molecule has 1 aromatic carbocycles. The van der Waals surface area contributed by atoms with Gasteiger partial charge in [0.15, 0.2) is 0 Å². The van der Waals surface area contributed by atoms with Gasteiger partial charge in [-0.3, -0.25) is 14.2 Å². The van der Waals surface area contributed by atoms with Crippen LogP contribution in [0.4, 0.5) is 5.69 Å². The van der Waals surface area contributed by atoms with Crippen LogP contribution in [-0.2, 0) is 17.8 Å². The largest absolute Gasteiger partial charge is 0.371 e. The lowest BCUT2D eigenvalue weighted by Crippen LogP contribution is -2.35. The number of nitrogens with zero attached hydrogens (tertiary/aromatic N) is 3. The number of carbonyl (C=O) groups is 1. The van der Waals surface area contributed by atoms with Crippen LogP contribution < -0.4 is 15.8 Å². The van der Waals surface area contributed by atoms with Crippen molar-refractivity contribution in [1.29, 1.82) is 0 Å². The second kappa shape index (κ2) is 8.14. The number of aromatic nitrogens is 2. The Morgan fingerprint density at radius 2 is 2.18 bits per heavy atom. The molecule has 0 atom stereocenters. The highest BCUT2D eigenvalue weighted by Gasteiger charge is 2.15. The van der Waals surface area contributed by atoms with Gasteiger partial charge in [-0.05, 0) is 43.9 Å². The van der Waals surface area contributed by atoms with Gasteiger partial charge in [-0.2, -0.15) is 0 Å². The third-order valence-corrected chi connectivity index (χ3v) is 6.05. The van der Waals surface area contributed by atoms with E-state index in [1.165, 1.54) is 39.9 Å². The SMILES string of the molecule is Cc1cc2c(=O)n(CC(=O)NCCCN3CCCc4ccccc43)cnc2s1. The van der Waals surface area contributed by atoms with Gasteiger partial charge in [0, 0.05) is 30.2 Å². The topological polar surface area (TPSA) is 67.2 Å². The Balaban J connectivity index is 1.29. The van der Waals surface area contributed by atoms with E-state index in [0.717, 1.165) is 35.6 Å². The van der Waals surface area contributed by atoms with E-state index < -0.39 is 0 Å². The zero-order valence-corrected chi connectivity index (χ0v) is 16.8. The summed E-state index contributed by atoms with van der Waals surface area (Å²) >= 11 is 1.49. The Kier molecular flexibility index (Phi) is 5.43. The molecule has 2 aromatic heterocycles. The third kappa shape index (κ3) is 3.94. The number of rotatable bonds is 6. The maximum Gasteiger partial charge on any atom is 0.262 e. The summed E-state index contributed by atoms with van der Waals surface area (Å²) in [6.07, 6.45) is 4.64. The number of aryl methyl sites for hydroxylation is 2. The van der Waals surface area contributed by atoms with E-state index >= 15 is 0 Å². The van der Waals surface area contributed by atoms with Gasteiger partial charge in [-0.15, -0.1) is 11.3 Å². The summed E-state index contributed by atoms with van der Waals surface area (Å²) in [5.74, 6) is -0.158. The molecule has 0 fully saturated rings. The summed E-state index contributed by atoms with van der Waals surface area (Å²) in [5, 5.41) is 3.51. The zero-order chi connectivity index (χ0) is 19.5. The smallest absolute Gasteiger partial charge is 0.262 e. The first-order valence-electron chi connectivity index (χ1n) is 9.67. The molecule has 1 amide bonds. The molecule has 0 saturated carbocycles. The Hall–Kier alpha value is -2.67. The molecule has 0 saturated heterocycles. The van der Waals surface area contributed by atoms with Gasteiger partial charge in [-0.1, -0.05) is 18.2 Å². The minimum atomic E-state index is -0.158. The number of hydrogen-bond donors (Lipinski definition) is 1. The summed E-state index contributed by atoms with van der Waals surface area (Å²) in [6, 6.07) is 10.4. The van der Waals surface area contributed by atoms with Crippen molar-refractivity contribution in [2.75, 3.05) is 24.5 Å². The molecule has 4 rings (SSSR count). The summed E-state index contributed by atoms with van der Waals surface area (Å²) in [5.41, 5.74) is 2.57. The molecule has 0 aliphatic carbocycles. The van der Waals surface area contributed by atoms with Crippen molar-refractivity contribution >= 4 is 33.1 Å². The van der Waals surface area contributed by atoms with Crippen LogP contribution in [0.2, 0.25) is 0 Å². The first-order chi connectivity index (χ1) is 13.6. The van der Waals surface area contributed by atoms with Crippen molar-refractivity contribution < 1.29 is 4.79 Å². The van der Waals surface area contributed by atoms with E-state index in [4.69, 9.17) is 0 Å². The predicted molar refractivity (Wildman–Crippen MR) is 113 cm³/mol. The summed E-state index contributed by atoms with van der Waals surface area (Å²) in [4.78, 5) is 33.2.